The molecule has 1 aromatic heterocycles. The largest absolute Gasteiger partial charge is 0.494 e. The van der Waals surface area contributed by atoms with Crippen molar-refractivity contribution in [2.75, 3.05) is 25.1 Å². The van der Waals surface area contributed by atoms with Crippen LogP contribution in [0.25, 0.3) is 0 Å². The summed E-state index contributed by atoms with van der Waals surface area (Å²) in [4.78, 5) is 14.5. The molecule has 0 aliphatic heterocycles. The molecule has 0 saturated heterocycles. The fraction of sp³-hybridized carbons (Fsp3) is 0.357. The molecule has 0 atom stereocenters. The Balaban J connectivity index is 2.07. The maximum absolute atomic E-state index is 11.9. The van der Waals surface area contributed by atoms with Gasteiger partial charge in [0.25, 0.3) is 5.56 Å². The van der Waals surface area contributed by atoms with Gasteiger partial charge in [0.1, 0.15) is 11.4 Å². The molecular formula is C14H18N4O3. The minimum atomic E-state index is -0.292. The molecule has 21 heavy (non-hydrogen) atoms. The van der Waals surface area contributed by atoms with Crippen molar-refractivity contribution in [3.63, 3.8) is 0 Å². The van der Waals surface area contributed by atoms with E-state index in [4.69, 9.17) is 9.84 Å². The van der Waals surface area contributed by atoms with Gasteiger partial charge in [0.05, 0.1) is 13.2 Å². The van der Waals surface area contributed by atoms with E-state index < -0.39 is 0 Å². The molecule has 7 nitrogen and oxygen atoms in total. The number of ether oxygens (including phenoxy) is 1. The average Bonchev–Trinajstić information content (AvgIpc) is 2.50. The molecule has 0 aliphatic carbocycles. The fourth-order valence-corrected chi connectivity index (χ4v) is 1.79. The van der Waals surface area contributed by atoms with Crippen molar-refractivity contribution in [3.8, 4) is 5.75 Å². The van der Waals surface area contributed by atoms with Crippen LogP contribution in [0.5, 0.6) is 5.75 Å². The third-order valence-corrected chi connectivity index (χ3v) is 2.77. The summed E-state index contributed by atoms with van der Waals surface area (Å²) in [6, 6.07) is 7.50. The van der Waals surface area contributed by atoms with Crippen molar-refractivity contribution in [2.24, 2.45) is 0 Å². The van der Waals surface area contributed by atoms with Crippen LogP contribution in [-0.2, 0) is 6.42 Å². The topological polar surface area (TPSA) is 100 Å². The summed E-state index contributed by atoms with van der Waals surface area (Å²) < 4.78 is 5.36. The maximum atomic E-state index is 11.9. The monoisotopic (exact) mass is 290 g/mol. The number of aliphatic hydroxyl groups excluding tert-OH is 1. The van der Waals surface area contributed by atoms with Crippen LogP contribution in [0.2, 0.25) is 0 Å². The van der Waals surface area contributed by atoms with E-state index in [9.17, 15) is 4.79 Å². The summed E-state index contributed by atoms with van der Waals surface area (Å²) in [5.41, 5.74) is 1.00. The highest BCUT2D eigenvalue weighted by molar-refractivity contribution is 5.30. The number of hydrogen-bond donors (Lipinski definition) is 3. The molecule has 7 heteroatoms. The predicted molar refractivity (Wildman–Crippen MR) is 78.6 cm³/mol. The first kappa shape index (κ1) is 15.0. The van der Waals surface area contributed by atoms with Gasteiger partial charge < -0.3 is 15.2 Å². The lowest BCUT2D eigenvalue weighted by Crippen LogP contribution is -2.20. The standard InChI is InChI=1S/C14H18N4O3/c1-2-21-11-5-3-10(4-6-11)9-12-13(20)16-14(18-17-12)15-7-8-19/h3-6,19H,2,7-9H2,1H3,(H2,15,16,18,20). The molecular weight excluding hydrogens is 272 g/mol. The summed E-state index contributed by atoms with van der Waals surface area (Å²) in [7, 11) is 0. The minimum Gasteiger partial charge on any atom is -0.494 e. The first-order valence-corrected chi connectivity index (χ1v) is 6.75. The Morgan fingerprint density at radius 3 is 2.67 bits per heavy atom. The number of anilines is 1. The number of aliphatic hydroxyl groups is 1. The molecule has 1 heterocycles. The predicted octanol–water partition coefficient (Wildman–Crippen LogP) is 0.559. The molecule has 0 fully saturated rings. The molecule has 0 aliphatic rings. The van der Waals surface area contributed by atoms with Crippen molar-refractivity contribution < 1.29 is 9.84 Å². The van der Waals surface area contributed by atoms with E-state index in [2.05, 4.69) is 20.5 Å². The first-order chi connectivity index (χ1) is 10.2. The van der Waals surface area contributed by atoms with Gasteiger partial charge in [0.15, 0.2) is 0 Å². The molecule has 2 rings (SSSR count). The van der Waals surface area contributed by atoms with E-state index in [0.29, 0.717) is 25.3 Å². The summed E-state index contributed by atoms with van der Waals surface area (Å²) in [6.07, 6.45) is 0.398. The molecule has 0 bridgehead atoms. The number of nitrogens with zero attached hydrogens (tertiary/aromatic N) is 2. The molecule has 2 aromatic rings. The van der Waals surface area contributed by atoms with Gasteiger partial charge in [0, 0.05) is 13.0 Å². The Hall–Kier alpha value is -2.41. The first-order valence-electron chi connectivity index (χ1n) is 6.75. The van der Waals surface area contributed by atoms with Crippen LogP contribution in [-0.4, -0.2) is 40.0 Å². The smallest absolute Gasteiger partial charge is 0.274 e. The zero-order valence-corrected chi connectivity index (χ0v) is 11.8. The highest BCUT2D eigenvalue weighted by Gasteiger charge is 2.06. The van der Waals surface area contributed by atoms with Gasteiger partial charge in [-0.3, -0.25) is 9.78 Å². The second kappa shape index (κ2) is 7.39. The van der Waals surface area contributed by atoms with Crippen molar-refractivity contribution >= 4 is 5.95 Å². The number of aromatic amines is 1. The highest BCUT2D eigenvalue weighted by Crippen LogP contribution is 2.13. The fourth-order valence-electron chi connectivity index (χ4n) is 1.79. The minimum absolute atomic E-state index is 0.0440. The number of hydrogen-bond acceptors (Lipinski definition) is 6. The Morgan fingerprint density at radius 1 is 1.29 bits per heavy atom. The van der Waals surface area contributed by atoms with E-state index in [-0.39, 0.29) is 18.1 Å². The number of aromatic nitrogens is 3. The summed E-state index contributed by atoms with van der Waals surface area (Å²) in [5, 5.41) is 19.2. The Labute approximate surface area is 122 Å². The second-order valence-electron chi connectivity index (χ2n) is 4.35. The molecule has 0 unspecified atom stereocenters. The number of H-pyrrole nitrogens is 1. The lowest BCUT2D eigenvalue weighted by atomic mass is 10.1. The van der Waals surface area contributed by atoms with Gasteiger partial charge >= 0.3 is 0 Å². The Morgan fingerprint density at radius 2 is 2.05 bits per heavy atom. The highest BCUT2D eigenvalue weighted by atomic mass is 16.5. The second-order valence-corrected chi connectivity index (χ2v) is 4.35. The lowest BCUT2D eigenvalue weighted by molar-refractivity contribution is 0.310. The number of nitrogens with one attached hydrogen (secondary N) is 2. The summed E-state index contributed by atoms with van der Waals surface area (Å²) >= 11 is 0. The van der Waals surface area contributed by atoms with Crippen LogP contribution >= 0.6 is 0 Å². The van der Waals surface area contributed by atoms with E-state index in [0.717, 1.165) is 11.3 Å². The lowest BCUT2D eigenvalue weighted by Gasteiger charge is -2.05. The summed E-state index contributed by atoms with van der Waals surface area (Å²) in [6.45, 7) is 2.81. The Kier molecular flexibility index (Phi) is 5.28. The van der Waals surface area contributed by atoms with Crippen LogP contribution in [0.15, 0.2) is 29.1 Å². The number of benzene rings is 1. The van der Waals surface area contributed by atoms with Crippen molar-refractivity contribution in [3.05, 3.63) is 45.9 Å². The van der Waals surface area contributed by atoms with E-state index in [1.807, 2.05) is 31.2 Å². The maximum Gasteiger partial charge on any atom is 0.274 e. The van der Waals surface area contributed by atoms with Crippen molar-refractivity contribution in [1.29, 1.82) is 0 Å². The summed E-state index contributed by atoms with van der Waals surface area (Å²) in [5.74, 6) is 1.05. The van der Waals surface area contributed by atoms with Gasteiger partial charge in [-0.15, -0.1) is 10.2 Å². The quantitative estimate of drug-likeness (QED) is 0.689. The molecule has 112 valence electrons. The number of rotatable bonds is 7. The normalized spacial score (nSPS) is 10.4. The third kappa shape index (κ3) is 4.28. The van der Waals surface area contributed by atoms with Crippen LogP contribution in [0.4, 0.5) is 5.95 Å². The molecule has 3 N–H and O–H groups in total. The van der Waals surface area contributed by atoms with E-state index in [1.54, 1.807) is 0 Å². The van der Waals surface area contributed by atoms with Gasteiger partial charge in [-0.05, 0) is 24.6 Å². The van der Waals surface area contributed by atoms with Crippen LogP contribution < -0.4 is 15.6 Å². The molecule has 0 radical (unpaired) electrons. The Bertz CT molecular complexity index is 625. The molecule has 0 saturated carbocycles. The zero-order chi connectivity index (χ0) is 15.1. The SMILES string of the molecule is CCOc1ccc(Cc2nnc(NCCO)[nH]c2=O)cc1. The zero-order valence-electron chi connectivity index (χ0n) is 11.8. The van der Waals surface area contributed by atoms with E-state index in [1.165, 1.54) is 0 Å². The molecule has 0 amide bonds. The van der Waals surface area contributed by atoms with Gasteiger partial charge in [-0.1, -0.05) is 12.1 Å². The van der Waals surface area contributed by atoms with Crippen molar-refractivity contribution in [1.82, 2.24) is 15.2 Å². The van der Waals surface area contributed by atoms with Crippen LogP contribution in [0.1, 0.15) is 18.2 Å². The third-order valence-electron chi connectivity index (χ3n) is 2.77. The molecule has 1 aromatic carbocycles. The van der Waals surface area contributed by atoms with Crippen LogP contribution in [0, 0.1) is 0 Å². The van der Waals surface area contributed by atoms with Crippen LogP contribution in [0.3, 0.4) is 0 Å². The van der Waals surface area contributed by atoms with E-state index >= 15 is 0 Å². The van der Waals surface area contributed by atoms with Gasteiger partial charge in [0.2, 0.25) is 5.95 Å². The molecule has 0 spiro atoms. The van der Waals surface area contributed by atoms with Crippen molar-refractivity contribution in [2.45, 2.75) is 13.3 Å². The van der Waals surface area contributed by atoms with Gasteiger partial charge in [-0.25, -0.2) is 0 Å². The van der Waals surface area contributed by atoms with Gasteiger partial charge in [-0.2, -0.15) is 0 Å². The average molecular weight is 290 g/mol.